The SMILES string of the molecule is C[As](C)c1ccccc1[As](C)C.[C-]#[O+].[C-]#[O+].[C-]#[O+].[C-]#[O+].[Cr]. The van der Waals surface area contributed by atoms with Crippen LogP contribution in [-0.4, -0.2) is 29.3 Å². The first-order valence-corrected chi connectivity index (χ1v) is 14.3. The molecule has 0 unspecified atom stereocenters. The third kappa shape index (κ3) is 17.8. The van der Waals surface area contributed by atoms with Gasteiger partial charge >= 0.3 is 130 Å². The molecule has 0 aliphatic carbocycles. The van der Waals surface area contributed by atoms with Crippen molar-refractivity contribution in [3.05, 3.63) is 50.9 Å². The van der Waals surface area contributed by atoms with E-state index < -0.39 is 29.3 Å². The Morgan fingerprint density at radius 2 is 0.810 bits per heavy atom. The average molecular weight is 450 g/mol. The summed E-state index contributed by atoms with van der Waals surface area (Å²) < 4.78 is 33.4. The Bertz CT molecular complexity index is 361. The summed E-state index contributed by atoms with van der Waals surface area (Å²) >= 11 is -1.30. The number of hydrogen-bond acceptors (Lipinski definition) is 0. The molecule has 21 heavy (non-hydrogen) atoms. The molecule has 1 rings (SSSR count). The summed E-state index contributed by atoms with van der Waals surface area (Å²) in [5.74, 6) is 0. The summed E-state index contributed by atoms with van der Waals surface area (Å²) in [6.07, 6.45) is 0. The predicted octanol–water partition coefficient (Wildman–Crippen LogP) is 1.46. The van der Waals surface area contributed by atoms with Gasteiger partial charge in [0.25, 0.3) is 0 Å². The Morgan fingerprint density at radius 1 is 0.619 bits per heavy atom. The summed E-state index contributed by atoms with van der Waals surface area (Å²) in [7, 11) is 0. The first-order valence-electron chi connectivity index (χ1n) is 4.88. The molecule has 4 nitrogen and oxygen atoms in total. The van der Waals surface area contributed by atoms with Gasteiger partial charge in [-0.15, -0.1) is 0 Å². The molecule has 0 aliphatic heterocycles. The number of hydrogen-bond donors (Lipinski definition) is 0. The van der Waals surface area contributed by atoms with Crippen LogP contribution in [0.15, 0.2) is 24.3 Å². The summed E-state index contributed by atoms with van der Waals surface area (Å²) in [6.45, 7) is 18.0. The summed E-state index contributed by atoms with van der Waals surface area (Å²) in [6, 6.07) is 9.05. The maximum atomic E-state index is 7.50. The van der Waals surface area contributed by atoms with Crippen LogP contribution in [0.25, 0.3) is 0 Å². The molecule has 112 valence electrons. The molecule has 0 spiro atoms. The molecule has 1 aromatic carbocycles. The first kappa shape index (κ1) is 32.7. The predicted molar refractivity (Wildman–Crippen MR) is 76.4 cm³/mol. The van der Waals surface area contributed by atoms with Crippen LogP contribution < -0.4 is 8.70 Å². The molecule has 0 bridgehead atoms. The normalized spacial score (nSPS) is 6.76. The van der Waals surface area contributed by atoms with Crippen molar-refractivity contribution < 1.29 is 36.0 Å². The van der Waals surface area contributed by atoms with E-state index in [9.17, 15) is 0 Å². The van der Waals surface area contributed by atoms with E-state index in [0.29, 0.717) is 0 Å². The zero-order chi connectivity index (χ0) is 17.1. The molecule has 0 saturated heterocycles. The molecular formula is C14H16As2CrO4. The zero-order valence-electron chi connectivity index (χ0n) is 12.2. The van der Waals surface area contributed by atoms with E-state index in [1.54, 1.807) is 8.70 Å². The molecule has 0 N–H and O–H groups in total. The molecule has 0 saturated carbocycles. The van der Waals surface area contributed by atoms with E-state index in [2.05, 4.69) is 73.7 Å². The van der Waals surface area contributed by atoms with Crippen LogP contribution in [0.3, 0.4) is 0 Å². The Morgan fingerprint density at radius 3 is 0.952 bits per heavy atom. The summed E-state index contributed by atoms with van der Waals surface area (Å²) in [5, 5.41) is 0. The molecule has 0 heterocycles. The van der Waals surface area contributed by atoms with E-state index in [-0.39, 0.29) is 17.4 Å². The minimum absolute atomic E-state index is 0. The quantitative estimate of drug-likeness (QED) is 0.372. The molecule has 7 heteroatoms. The molecule has 0 fully saturated rings. The van der Waals surface area contributed by atoms with Crippen molar-refractivity contribution in [3.63, 3.8) is 0 Å². The third-order valence-corrected chi connectivity index (χ3v) is 8.36. The second-order valence-electron chi connectivity index (χ2n) is 3.28. The monoisotopic (exact) mass is 450 g/mol. The fourth-order valence-electron chi connectivity index (χ4n) is 1.22. The van der Waals surface area contributed by atoms with Crippen molar-refractivity contribution in [1.29, 1.82) is 0 Å². The van der Waals surface area contributed by atoms with Crippen LogP contribution in [0.1, 0.15) is 0 Å². The van der Waals surface area contributed by atoms with Gasteiger partial charge < -0.3 is 0 Å². The topological polar surface area (TPSA) is 79.6 Å². The van der Waals surface area contributed by atoms with Gasteiger partial charge in [0, 0.05) is 17.4 Å². The molecule has 0 amide bonds. The van der Waals surface area contributed by atoms with Crippen LogP contribution in [0, 0.1) is 26.6 Å². The molecule has 1 aromatic rings. The number of benzene rings is 1. The van der Waals surface area contributed by atoms with Gasteiger partial charge in [-0.2, -0.15) is 0 Å². The van der Waals surface area contributed by atoms with Crippen LogP contribution >= 0.6 is 0 Å². The summed E-state index contributed by atoms with van der Waals surface area (Å²) in [4.78, 5) is 0. The first-order chi connectivity index (χ1) is 9.63. The van der Waals surface area contributed by atoms with Gasteiger partial charge in [-0.3, -0.25) is 0 Å². The Hall–Kier alpha value is -0.171. The van der Waals surface area contributed by atoms with Crippen LogP contribution in [0.2, 0.25) is 22.8 Å². The molecule has 0 atom stereocenters. The molecule has 0 aromatic heterocycles. The minimum Gasteiger partial charge on any atom is 0 e. The number of rotatable bonds is 2. The Labute approximate surface area is 147 Å². The van der Waals surface area contributed by atoms with Crippen molar-refractivity contribution in [2.45, 2.75) is 22.8 Å². The van der Waals surface area contributed by atoms with E-state index in [0.717, 1.165) is 0 Å². The minimum atomic E-state index is -0.651. The van der Waals surface area contributed by atoms with Gasteiger partial charge in [0.05, 0.1) is 0 Å². The van der Waals surface area contributed by atoms with Gasteiger partial charge in [0.1, 0.15) is 0 Å². The fraction of sp³-hybridized carbons (Fsp3) is 0.286. The largest absolute Gasteiger partial charge is 0 e. The average Bonchev–Trinajstić information content (AvgIpc) is 2.55. The van der Waals surface area contributed by atoms with Crippen molar-refractivity contribution in [2.24, 2.45) is 0 Å². The Kier molecular flexibility index (Phi) is 43.7. The molecular weight excluding hydrogens is 434 g/mol. The standard InChI is InChI=1S/C10H16As2.4CO.Cr/c1-11(2)9-7-5-6-8-10(9)12(3)4;4*1-2;/h5-8H,1-4H3;;;;;. The smallest absolute Gasteiger partial charge is 0 e. The van der Waals surface area contributed by atoms with Gasteiger partial charge in [-0.25, -0.2) is 0 Å². The van der Waals surface area contributed by atoms with Crippen molar-refractivity contribution in [2.75, 3.05) is 0 Å². The second kappa shape index (κ2) is 28.1. The van der Waals surface area contributed by atoms with E-state index >= 15 is 0 Å². The zero-order valence-corrected chi connectivity index (χ0v) is 17.3. The maximum Gasteiger partial charge on any atom is 0 e. The fourth-order valence-corrected chi connectivity index (χ4v) is 9.43. The summed E-state index contributed by atoms with van der Waals surface area (Å²) in [5.41, 5.74) is 9.68. The van der Waals surface area contributed by atoms with Gasteiger partial charge in [-0.1, -0.05) is 0 Å². The van der Waals surface area contributed by atoms with E-state index in [1.807, 2.05) is 0 Å². The second-order valence-corrected chi connectivity index (χ2v) is 12.8. The van der Waals surface area contributed by atoms with Crippen molar-refractivity contribution in [3.8, 4) is 0 Å². The van der Waals surface area contributed by atoms with Gasteiger partial charge in [-0.05, 0) is 0 Å². The van der Waals surface area contributed by atoms with Gasteiger partial charge in [0.15, 0.2) is 0 Å². The van der Waals surface area contributed by atoms with Gasteiger partial charge in [0.2, 0.25) is 0 Å². The third-order valence-electron chi connectivity index (χ3n) is 1.85. The van der Waals surface area contributed by atoms with Crippen LogP contribution in [0.5, 0.6) is 0 Å². The van der Waals surface area contributed by atoms with E-state index in [1.165, 1.54) is 0 Å². The van der Waals surface area contributed by atoms with Crippen molar-refractivity contribution >= 4 is 38.0 Å². The van der Waals surface area contributed by atoms with E-state index in [4.69, 9.17) is 18.6 Å². The molecule has 0 aliphatic rings. The van der Waals surface area contributed by atoms with Crippen LogP contribution in [-0.2, 0) is 36.0 Å². The molecule has 0 radical (unpaired) electrons. The van der Waals surface area contributed by atoms with Crippen LogP contribution in [0.4, 0.5) is 0 Å². The maximum absolute atomic E-state index is 7.50. The Balaban J connectivity index is -0.0000000823. The van der Waals surface area contributed by atoms with Crippen molar-refractivity contribution in [1.82, 2.24) is 0 Å².